The Labute approximate surface area is 151 Å². The molecule has 7 heteroatoms. The van der Waals surface area contributed by atoms with Gasteiger partial charge in [-0.1, -0.05) is 59.1 Å². The fourth-order valence-electron chi connectivity index (χ4n) is 2.27. The monoisotopic (exact) mass is 392 g/mol. The number of hydrogen-bond acceptors (Lipinski definition) is 3. The molecule has 0 fully saturated rings. The Kier molecular flexibility index (Phi) is 5.52. The fraction of sp³-hybridized carbons (Fsp3) is 0.250. The minimum absolute atomic E-state index is 0.221. The topological polar surface area (TPSA) is 43.4 Å². The predicted octanol–water partition coefficient (Wildman–Crippen LogP) is 4.60. The third-order valence-corrected chi connectivity index (χ3v) is 5.20. The molecule has 23 heavy (non-hydrogen) atoms. The Morgan fingerprint density at radius 2 is 1.35 bits per heavy atom. The van der Waals surface area contributed by atoms with E-state index in [-0.39, 0.29) is 4.90 Å². The molecule has 0 aromatic heterocycles. The second kappa shape index (κ2) is 6.89. The number of alkyl halides is 3. The van der Waals surface area contributed by atoms with E-state index in [9.17, 15) is 8.42 Å². The average Bonchev–Trinajstić information content (AvgIpc) is 2.46. The maximum atomic E-state index is 11.6. The van der Waals surface area contributed by atoms with Gasteiger partial charge in [-0.25, -0.2) is 8.42 Å². The van der Waals surface area contributed by atoms with Gasteiger partial charge in [0.2, 0.25) is 3.79 Å². The number of ether oxygens (including phenoxy) is 1. The van der Waals surface area contributed by atoms with Gasteiger partial charge in [0.25, 0.3) is 0 Å². The average molecular weight is 394 g/mol. The number of methoxy groups -OCH3 is 1. The highest BCUT2D eigenvalue weighted by Gasteiger charge is 2.35. The lowest BCUT2D eigenvalue weighted by Crippen LogP contribution is -2.18. The van der Waals surface area contributed by atoms with Crippen LogP contribution < -0.4 is 4.74 Å². The zero-order chi connectivity index (χ0) is 17.3. The first kappa shape index (κ1) is 18.4. The minimum atomic E-state index is -3.27. The summed E-state index contributed by atoms with van der Waals surface area (Å²) in [6.45, 7) is 0. The van der Waals surface area contributed by atoms with Crippen molar-refractivity contribution < 1.29 is 13.2 Å². The molecule has 2 rings (SSSR count). The van der Waals surface area contributed by atoms with Crippen LogP contribution in [0.2, 0.25) is 0 Å². The van der Waals surface area contributed by atoms with Gasteiger partial charge in [0.15, 0.2) is 9.84 Å². The zero-order valence-corrected chi connectivity index (χ0v) is 15.5. The van der Waals surface area contributed by atoms with E-state index in [2.05, 4.69) is 0 Å². The van der Waals surface area contributed by atoms with E-state index in [0.29, 0.717) is 11.3 Å². The molecule has 0 bridgehead atoms. The fourth-order valence-corrected chi connectivity index (χ4v) is 3.66. The van der Waals surface area contributed by atoms with E-state index in [1.54, 1.807) is 31.4 Å². The molecule has 0 spiro atoms. The molecule has 0 aliphatic rings. The summed E-state index contributed by atoms with van der Waals surface area (Å²) in [7, 11) is -1.70. The van der Waals surface area contributed by atoms with Gasteiger partial charge in [-0.2, -0.15) is 0 Å². The van der Waals surface area contributed by atoms with E-state index < -0.39 is 19.5 Å². The lowest BCUT2D eigenvalue weighted by Gasteiger charge is -2.25. The van der Waals surface area contributed by atoms with E-state index in [1.807, 2.05) is 12.1 Å². The molecular formula is C16H15Cl3O3S. The molecule has 2 aromatic rings. The maximum Gasteiger partial charge on any atom is 0.201 e. The molecular weight excluding hydrogens is 379 g/mol. The molecule has 0 aliphatic heterocycles. The highest BCUT2D eigenvalue weighted by atomic mass is 35.6. The highest BCUT2D eigenvalue weighted by Crippen LogP contribution is 2.46. The van der Waals surface area contributed by atoms with Crippen LogP contribution in [0.15, 0.2) is 53.4 Å². The van der Waals surface area contributed by atoms with Crippen molar-refractivity contribution in [3.8, 4) is 5.75 Å². The normalized spacial score (nSPS) is 13.6. The Morgan fingerprint density at radius 1 is 0.913 bits per heavy atom. The van der Waals surface area contributed by atoms with Crippen molar-refractivity contribution in [1.29, 1.82) is 0 Å². The summed E-state index contributed by atoms with van der Waals surface area (Å²) in [4.78, 5) is 0.221. The van der Waals surface area contributed by atoms with Crippen LogP contribution in [0.4, 0.5) is 0 Å². The summed E-state index contributed by atoms with van der Waals surface area (Å²) in [5.74, 6) is 0.163. The first-order chi connectivity index (χ1) is 10.6. The lowest BCUT2D eigenvalue weighted by molar-refractivity contribution is 0.414. The summed E-state index contributed by atoms with van der Waals surface area (Å²) in [6, 6.07) is 13.5. The molecule has 0 saturated heterocycles. The molecule has 0 radical (unpaired) electrons. The molecule has 0 aliphatic carbocycles. The van der Waals surface area contributed by atoms with E-state index in [1.165, 1.54) is 12.1 Å². The van der Waals surface area contributed by atoms with Crippen LogP contribution in [0.1, 0.15) is 17.0 Å². The number of benzene rings is 2. The molecule has 0 N–H and O–H groups in total. The van der Waals surface area contributed by atoms with Crippen molar-refractivity contribution in [3.63, 3.8) is 0 Å². The Bertz CT molecular complexity index is 764. The van der Waals surface area contributed by atoms with Gasteiger partial charge >= 0.3 is 0 Å². The van der Waals surface area contributed by atoms with Crippen molar-refractivity contribution in [2.45, 2.75) is 14.6 Å². The first-order valence-corrected chi connectivity index (χ1v) is 9.66. The quantitative estimate of drug-likeness (QED) is 0.713. The largest absolute Gasteiger partial charge is 0.497 e. The van der Waals surface area contributed by atoms with Crippen molar-refractivity contribution in [2.24, 2.45) is 0 Å². The smallest absolute Gasteiger partial charge is 0.201 e. The third-order valence-electron chi connectivity index (χ3n) is 3.42. The van der Waals surface area contributed by atoms with Gasteiger partial charge in [0, 0.05) is 6.26 Å². The Balaban J connectivity index is 2.47. The molecule has 0 saturated carbocycles. The molecule has 0 unspecified atom stereocenters. The van der Waals surface area contributed by atoms with Crippen molar-refractivity contribution in [2.75, 3.05) is 13.4 Å². The van der Waals surface area contributed by atoms with Gasteiger partial charge in [-0.3, -0.25) is 0 Å². The predicted molar refractivity (Wildman–Crippen MR) is 94.7 cm³/mol. The van der Waals surface area contributed by atoms with E-state index in [4.69, 9.17) is 39.5 Å². The summed E-state index contributed by atoms with van der Waals surface area (Å²) in [5, 5.41) is 0. The Morgan fingerprint density at radius 3 is 1.70 bits per heavy atom. The standard InChI is InChI=1S/C16H15Cl3O3S/c1-22-13-7-3-11(4-8-13)15(16(17,18)19)12-5-9-14(10-6-12)23(2,20)21/h3-10,15H,1-2H3/t15-/m0/s1. The molecule has 2 aromatic carbocycles. The summed E-state index contributed by atoms with van der Waals surface area (Å²) in [5.41, 5.74) is 1.50. The second-order valence-corrected chi connectivity index (χ2v) is 9.47. The number of hydrogen-bond donors (Lipinski definition) is 0. The van der Waals surface area contributed by atoms with Crippen LogP contribution in [-0.4, -0.2) is 25.6 Å². The zero-order valence-electron chi connectivity index (χ0n) is 12.5. The van der Waals surface area contributed by atoms with Gasteiger partial charge < -0.3 is 4.74 Å². The van der Waals surface area contributed by atoms with Crippen LogP contribution in [0.5, 0.6) is 5.75 Å². The summed E-state index contributed by atoms with van der Waals surface area (Å²) in [6.07, 6.45) is 1.15. The van der Waals surface area contributed by atoms with E-state index >= 15 is 0 Å². The number of sulfone groups is 1. The third kappa shape index (κ3) is 4.54. The first-order valence-electron chi connectivity index (χ1n) is 6.63. The highest BCUT2D eigenvalue weighted by molar-refractivity contribution is 7.90. The van der Waals surface area contributed by atoms with Crippen LogP contribution in [0.25, 0.3) is 0 Å². The second-order valence-electron chi connectivity index (χ2n) is 5.09. The van der Waals surface area contributed by atoms with Crippen molar-refractivity contribution in [1.82, 2.24) is 0 Å². The molecule has 0 heterocycles. The Hall–Kier alpha value is -0.940. The molecule has 124 valence electrons. The summed E-state index contributed by atoms with van der Waals surface area (Å²) < 4.78 is 26.7. The molecule has 1 atom stereocenters. The number of halogens is 3. The van der Waals surface area contributed by atoms with Gasteiger partial charge in [-0.05, 0) is 35.4 Å². The van der Waals surface area contributed by atoms with E-state index in [0.717, 1.165) is 11.8 Å². The SMILES string of the molecule is COc1ccc([C@@H](c2ccc(S(C)(=O)=O)cc2)C(Cl)(Cl)Cl)cc1. The summed E-state index contributed by atoms with van der Waals surface area (Å²) >= 11 is 18.5. The van der Waals surface area contributed by atoms with Crippen LogP contribution in [0, 0.1) is 0 Å². The van der Waals surface area contributed by atoms with Crippen LogP contribution in [-0.2, 0) is 9.84 Å². The van der Waals surface area contributed by atoms with Gasteiger partial charge in [-0.15, -0.1) is 0 Å². The van der Waals surface area contributed by atoms with Crippen molar-refractivity contribution >= 4 is 44.6 Å². The lowest BCUT2D eigenvalue weighted by atomic mass is 9.92. The van der Waals surface area contributed by atoms with Crippen LogP contribution >= 0.6 is 34.8 Å². The minimum Gasteiger partial charge on any atom is -0.497 e. The van der Waals surface area contributed by atoms with Gasteiger partial charge in [0.1, 0.15) is 5.75 Å². The number of rotatable bonds is 4. The van der Waals surface area contributed by atoms with Crippen LogP contribution in [0.3, 0.4) is 0 Å². The van der Waals surface area contributed by atoms with Gasteiger partial charge in [0.05, 0.1) is 17.9 Å². The maximum absolute atomic E-state index is 11.6. The van der Waals surface area contributed by atoms with Crippen molar-refractivity contribution in [3.05, 3.63) is 59.7 Å². The molecule has 0 amide bonds. The molecule has 3 nitrogen and oxygen atoms in total.